The number of carbonyl (C=O) groups excluding carboxylic acids is 1. The van der Waals surface area contributed by atoms with Crippen LogP contribution in [0.25, 0.3) is 0 Å². The van der Waals surface area contributed by atoms with Gasteiger partial charge < -0.3 is 25.0 Å². The van der Waals surface area contributed by atoms with Gasteiger partial charge in [0.2, 0.25) is 5.91 Å². The van der Waals surface area contributed by atoms with Gasteiger partial charge in [0, 0.05) is 52.7 Å². The van der Waals surface area contributed by atoms with E-state index in [1.165, 1.54) is 13.0 Å². The van der Waals surface area contributed by atoms with Gasteiger partial charge in [-0.15, -0.1) is 10.2 Å². The minimum atomic E-state index is -0.00839. The fourth-order valence-corrected chi connectivity index (χ4v) is 3.29. The summed E-state index contributed by atoms with van der Waals surface area (Å²) in [4.78, 5) is 20.5. The summed E-state index contributed by atoms with van der Waals surface area (Å²) in [7, 11) is 3.50. The Hall–Kier alpha value is -2.16. The number of aromatic nitrogens is 3. The van der Waals surface area contributed by atoms with E-state index in [1.54, 1.807) is 25.3 Å². The van der Waals surface area contributed by atoms with Crippen molar-refractivity contribution in [2.24, 2.45) is 4.99 Å². The molecule has 1 aliphatic rings. The Balaban J connectivity index is 1.89. The van der Waals surface area contributed by atoms with Crippen molar-refractivity contribution >= 4 is 11.9 Å². The average molecular weight is 393 g/mol. The number of likely N-dealkylation sites (N-methyl/N-ethyl adjacent to an activating group) is 1. The molecule has 2 rings (SSSR count). The molecule has 1 aromatic heterocycles. The highest BCUT2D eigenvalue weighted by Gasteiger charge is 2.19. The number of carbonyl (C=O) groups is 1. The molecule has 0 radical (unpaired) electrons. The molecule has 9 nitrogen and oxygen atoms in total. The monoisotopic (exact) mass is 392 g/mol. The first-order valence-electron chi connectivity index (χ1n) is 10.4. The lowest BCUT2D eigenvalue weighted by atomic mass is 10.1. The summed E-state index contributed by atoms with van der Waals surface area (Å²) < 4.78 is 2.04. The quantitative estimate of drug-likeness (QED) is 0.465. The molecule has 0 spiro atoms. The summed E-state index contributed by atoms with van der Waals surface area (Å²) in [5.41, 5.74) is 0. The lowest BCUT2D eigenvalue weighted by Crippen LogP contribution is -2.49. The van der Waals surface area contributed by atoms with Crippen LogP contribution in [0.15, 0.2) is 11.3 Å². The molecule has 1 fully saturated rings. The van der Waals surface area contributed by atoms with Gasteiger partial charge in [0.1, 0.15) is 18.7 Å². The molecule has 0 aliphatic carbocycles. The normalized spacial score (nSPS) is 16.2. The molecule has 0 unspecified atom stereocenters. The molecule has 0 bridgehead atoms. The summed E-state index contributed by atoms with van der Waals surface area (Å²) in [6.07, 6.45) is 5.99. The average Bonchev–Trinajstić information content (AvgIpc) is 3.14. The van der Waals surface area contributed by atoms with Crippen LogP contribution < -0.4 is 10.6 Å². The Labute approximate surface area is 168 Å². The maximum atomic E-state index is 11.9. The maximum Gasteiger partial charge on any atom is 0.243 e. The maximum absolute atomic E-state index is 11.9. The Morgan fingerprint density at radius 1 is 1.29 bits per heavy atom. The van der Waals surface area contributed by atoms with E-state index in [0.717, 1.165) is 44.7 Å². The van der Waals surface area contributed by atoms with Gasteiger partial charge in [0.15, 0.2) is 5.96 Å². The molecular formula is C19H36N8O. The second kappa shape index (κ2) is 11.6. The van der Waals surface area contributed by atoms with Gasteiger partial charge in [-0.2, -0.15) is 0 Å². The molecule has 2 heterocycles. The molecule has 0 atom stereocenters. The van der Waals surface area contributed by atoms with Crippen LogP contribution in [-0.2, 0) is 17.8 Å². The van der Waals surface area contributed by atoms with Gasteiger partial charge >= 0.3 is 0 Å². The predicted octanol–water partition coefficient (Wildman–Crippen LogP) is 0.338. The van der Waals surface area contributed by atoms with Gasteiger partial charge in [-0.3, -0.25) is 4.79 Å². The van der Waals surface area contributed by atoms with E-state index in [0.29, 0.717) is 18.5 Å². The van der Waals surface area contributed by atoms with Crippen molar-refractivity contribution in [3.8, 4) is 0 Å². The SMILES string of the molecule is CCCN1CCC(NC(=NCC(=O)N(C)C)NCCn2cnnc2CC)CC1. The first-order chi connectivity index (χ1) is 13.5. The molecule has 28 heavy (non-hydrogen) atoms. The van der Waals surface area contributed by atoms with Crippen molar-refractivity contribution < 1.29 is 4.79 Å². The number of nitrogens with zero attached hydrogens (tertiary/aromatic N) is 6. The zero-order chi connectivity index (χ0) is 20.4. The van der Waals surface area contributed by atoms with Crippen LogP contribution in [0.1, 0.15) is 38.9 Å². The summed E-state index contributed by atoms with van der Waals surface area (Å²) in [6.45, 7) is 9.27. The number of amides is 1. The lowest BCUT2D eigenvalue weighted by molar-refractivity contribution is -0.127. The molecule has 1 saturated heterocycles. The minimum Gasteiger partial charge on any atom is -0.355 e. The highest BCUT2D eigenvalue weighted by atomic mass is 16.2. The van der Waals surface area contributed by atoms with Gasteiger partial charge in [0.05, 0.1) is 0 Å². The Kier molecular flexibility index (Phi) is 9.19. The van der Waals surface area contributed by atoms with Crippen LogP contribution in [0.2, 0.25) is 0 Å². The number of piperidine rings is 1. The third kappa shape index (κ3) is 7.10. The standard InChI is InChI=1S/C19H36N8O/c1-5-10-26-11-7-16(8-12-26)23-19(21-14-18(28)25(3)4)20-9-13-27-15-22-24-17(27)6-2/h15-16H,5-14H2,1-4H3,(H2,20,21,23). The topological polar surface area (TPSA) is 90.7 Å². The van der Waals surface area contributed by atoms with Crippen molar-refractivity contribution in [2.75, 3.05) is 46.8 Å². The molecular weight excluding hydrogens is 356 g/mol. The van der Waals surface area contributed by atoms with Crippen molar-refractivity contribution in [1.29, 1.82) is 0 Å². The van der Waals surface area contributed by atoms with Crippen LogP contribution in [-0.4, -0.2) is 89.3 Å². The molecule has 1 aromatic rings. The highest BCUT2D eigenvalue weighted by Crippen LogP contribution is 2.10. The number of aryl methyl sites for hydroxylation is 1. The summed E-state index contributed by atoms with van der Waals surface area (Å²) in [5, 5.41) is 15.0. The third-order valence-electron chi connectivity index (χ3n) is 5.00. The van der Waals surface area contributed by atoms with Crippen LogP contribution in [0, 0.1) is 0 Å². The smallest absolute Gasteiger partial charge is 0.243 e. The number of hydrogen-bond donors (Lipinski definition) is 2. The van der Waals surface area contributed by atoms with Crippen LogP contribution in [0.5, 0.6) is 0 Å². The van der Waals surface area contributed by atoms with E-state index in [4.69, 9.17) is 0 Å². The predicted molar refractivity (Wildman–Crippen MR) is 111 cm³/mol. The van der Waals surface area contributed by atoms with Gasteiger partial charge in [0.25, 0.3) is 0 Å². The number of hydrogen-bond acceptors (Lipinski definition) is 5. The second-order valence-corrected chi connectivity index (χ2v) is 7.43. The minimum absolute atomic E-state index is 0.00839. The van der Waals surface area contributed by atoms with E-state index in [-0.39, 0.29) is 12.5 Å². The fraction of sp³-hybridized carbons (Fsp3) is 0.789. The lowest BCUT2D eigenvalue weighted by Gasteiger charge is -2.32. The number of guanidine groups is 1. The summed E-state index contributed by atoms with van der Waals surface area (Å²) >= 11 is 0. The largest absolute Gasteiger partial charge is 0.355 e. The molecule has 1 aliphatic heterocycles. The number of likely N-dealkylation sites (tertiary alicyclic amines) is 1. The Bertz CT molecular complexity index is 619. The van der Waals surface area contributed by atoms with E-state index in [9.17, 15) is 4.79 Å². The van der Waals surface area contributed by atoms with E-state index < -0.39 is 0 Å². The van der Waals surface area contributed by atoms with Crippen molar-refractivity contribution in [1.82, 2.24) is 35.2 Å². The number of aliphatic imine (C=N–C) groups is 1. The number of nitrogens with one attached hydrogen (secondary N) is 2. The van der Waals surface area contributed by atoms with Crippen LogP contribution in [0.3, 0.4) is 0 Å². The fourth-order valence-electron chi connectivity index (χ4n) is 3.29. The zero-order valence-electron chi connectivity index (χ0n) is 17.8. The third-order valence-corrected chi connectivity index (χ3v) is 5.00. The molecule has 1 amide bonds. The molecule has 0 aromatic carbocycles. The zero-order valence-corrected chi connectivity index (χ0v) is 17.8. The van der Waals surface area contributed by atoms with Gasteiger partial charge in [-0.25, -0.2) is 4.99 Å². The molecule has 2 N–H and O–H groups in total. The van der Waals surface area contributed by atoms with Crippen LogP contribution >= 0.6 is 0 Å². The van der Waals surface area contributed by atoms with Crippen molar-refractivity contribution in [3.05, 3.63) is 12.2 Å². The van der Waals surface area contributed by atoms with E-state index >= 15 is 0 Å². The van der Waals surface area contributed by atoms with Crippen molar-refractivity contribution in [2.45, 2.75) is 52.1 Å². The first-order valence-corrected chi connectivity index (χ1v) is 10.4. The Morgan fingerprint density at radius 3 is 2.68 bits per heavy atom. The highest BCUT2D eigenvalue weighted by molar-refractivity contribution is 5.84. The molecule has 9 heteroatoms. The first kappa shape index (κ1) is 22.1. The number of rotatable bonds is 9. The van der Waals surface area contributed by atoms with E-state index in [1.807, 2.05) is 4.57 Å². The van der Waals surface area contributed by atoms with E-state index in [2.05, 4.69) is 44.6 Å². The van der Waals surface area contributed by atoms with Gasteiger partial charge in [-0.05, 0) is 25.8 Å². The summed E-state index contributed by atoms with van der Waals surface area (Å²) in [5.74, 6) is 1.67. The molecule has 0 saturated carbocycles. The van der Waals surface area contributed by atoms with Crippen molar-refractivity contribution in [3.63, 3.8) is 0 Å². The van der Waals surface area contributed by atoms with Crippen LogP contribution in [0.4, 0.5) is 0 Å². The Morgan fingerprint density at radius 2 is 2.04 bits per heavy atom. The molecule has 158 valence electrons. The summed E-state index contributed by atoms with van der Waals surface area (Å²) in [6, 6.07) is 0.384. The second-order valence-electron chi connectivity index (χ2n) is 7.43. The van der Waals surface area contributed by atoms with Gasteiger partial charge in [-0.1, -0.05) is 13.8 Å².